The topological polar surface area (TPSA) is 92.3 Å². The number of pyridine rings is 1. The van der Waals surface area contributed by atoms with Gasteiger partial charge in [-0.3, -0.25) is 5.32 Å². The fourth-order valence-corrected chi connectivity index (χ4v) is 2.90. The van der Waals surface area contributed by atoms with E-state index in [0.29, 0.717) is 23.6 Å². The van der Waals surface area contributed by atoms with Crippen molar-refractivity contribution in [1.29, 1.82) is 0 Å². The number of anilines is 2. The van der Waals surface area contributed by atoms with Crippen molar-refractivity contribution in [2.24, 2.45) is 0 Å². The summed E-state index contributed by atoms with van der Waals surface area (Å²) in [7, 11) is 0. The molecule has 2 aromatic rings. The number of hydrogen-bond acceptors (Lipinski definition) is 7. The Labute approximate surface area is 160 Å². The molecule has 8 nitrogen and oxygen atoms in total. The lowest BCUT2D eigenvalue weighted by atomic mass is 10.1. The van der Waals surface area contributed by atoms with Crippen LogP contribution in [0.3, 0.4) is 0 Å². The van der Waals surface area contributed by atoms with Gasteiger partial charge in [0.2, 0.25) is 0 Å². The maximum Gasteiger partial charge on any atom is 0.412 e. The van der Waals surface area contributed by atoms with Gasteiger partial charge < -0.3 is 15.0 Å². The number of hydrogen-bond donors (Lipinski definition) is 2. The Morgan fingerprint density at radius 3 is 2.67 bits per heavy atom. The van der Waals surface area contributed by atoms with Crippen molar-refractivity contribution < 1.29 is 9.53 Å². The molecule has 27 heavy (non-hydrogen) atoms. The van der Waals surface area contributed by atoms with Crippen molar-refractivity contribution in [3.8, 4) is 0 Å². The van der Waals surface area contributed by atoms with Gasteiger partial charge in [-0.25, -0.2) is 19.7 Å². The number of aromatic nitrogens is 3. The van der Waals surface area contributed by atoms with Gasteiger partial charge in [-0.15, -0.1) is 0 Å². The first-order valence-electron chi connectivity index (χ1n) is 9.61. The molecular weight excluding hydrogens is 344 g/mol. The van der Waals surface area contributed by atoms with Crippen molar-refractivity contribution >= 4 is 28.8 Å². The van der Waals surface area contributed by atoms with Gasteiger partial charge in [0, 0.05) is 24.5 Å². The van der Waals surface area contributed by atoms with E-state index in [9.17, 15) is 4.79 Å². The zero-order valence-electron chi connectivity index (χ0n) is 16.7. The molecule has 1 amide bonds. The third-order valence-electron chi connectivity index (χ3n) is 4.35. The van der Waals surface area contributed by atoms with E-state index in [1.165, 1.54) is 0 Å². The molecule has 0 aromatic carbocycles. The predicted molar refractivity (Wildman–Crippen MR) is 108 cm³/mol. The molecule has 0 aliphatic heterocycles. The number of fused-ring (bicyclic) bond motifs is 1. The summed E-state index contributed by atoms with van der Waals surface area (Å²) in [6.45, 7) is 11.8. The van der Waals surface area contributed by atoms with E-state index in [0.717, 1.165) is 38.2 Å². The molecule has 1 unspecified atom stereocenters. The summed E-state index contributed by atoms with van der Waals surface area (Å²) in [5.74, 6) is 0.388. The maximum atomic E-state index is 11.7. The average Bonchev–Trinajstić information content (AvgIpc) is 2.65. The molecule has 0 fully saturated rings. The van der Waals surface area contributed by atoms with Gasteiger partial charge in [-0.2, -0.15) is 0 Å². The molecule has 2 rings (SSSR count). The largest absolute Gasteiger partial charge is 0.450 e. The van der Waals surface area contributed by atoms with E-state index in [1.807, 2.05) is 0 Å². The number of amides is 1. The first-order valence-corrected chi connectivity index (χ1v) is 9.61. The minimum atomic E-state index is -0.536. The number of nitrogens with zero attached hydrogens (tertiary/aromatic N) is 4. The molecule has 2 heterocycles. The first-order chi connectivity index (χ1) is 13.1. The number of ether oxygens (including phenoxy) is 1. The summed E-state index contributed by atoms with van der Waals surface area (Å²) >= 11 is 0. The highest BCUT2D eigenvalue weighted by Gasteiger charge is 2.13. The Hall–Kier alpha value is -2.48. The Balaban J connectivity index is 2.09. The van der Waals surface area contributed by atoms with Crippen molar-refractivity contribution in [3.05, 3.63) is 18.5 Å². The van der Waals surface area contributed by atoms with Gasteiger partial charge in [0.25, 0.3) is 0 Å². The van der Waals surface area contributed by atoms with Gasteiger partial charge in [0.05, 0.1) is 12.3 Å². The van der Waals surface area contributed by atoms with Crippen molar-refractivity contribution in [1.82, 2.24) is 19.9 Å². The van der Waals surface area contributed by atoms with Crippen molar-refractivity contribution in [2.75, 3.05) is 36.9 Å². The normalized spacial score (nSPS) is 12.2. The highest BCUT2D eigenvalue weighted by atomic mass is 16.5. The van der Waals surface area contributed by atoms with Crippen LogP contribution in [-0.4, -0.2) is 58.2 Å². The Morgan fingerprint density at radius 1 is 1.22 bits per heavy atom. The van der Waals surface area contributed by atoms with Gasteiger partial charge in [-0.05, 0) is 46.3 Å². The Kier molecular flexibility index (Phi) is 8.19. The molecule has 1 atom stereocenters. The highest BCUT2D eigenvalue weighted by Crippen LogP contribution is 2.23. The van der Waals surface area contributed by atoms with Crippen LogP contribution >= 0.6 is 0 Å². The maximum absolute atomic E-state index is 11.7. The van der Waals surface area contributed by atoms with Crippen LogP contribution in [0.1, 0.15) is 40.5 Å². The van der Waals surface area contributed by atoms with Crippen LogP contribution in [0.4, 0.5) is 16.3 Å². The summed E-state index contributed by atoms with van der Waals surface area (Å²) in [6, 6.07) is 2.03. The smallest absolute Gasteiger partial charge is 0.412 e. The predicted octanol–water partition coefficient (Wildman–Crippen LogP) is 3.52. The molecule has 2 aromatic heterocycles. The summed E-state index contributed by atoms with van der Waals surface area (Å²) in [4.78, 5) is 27.1. The van der Waals surface area contributed by atoms with Gasteiger partial charge in [-0.1, -0.05) is 13.8 Å². The second-order valence-electron chi connectivity index (χ2n) is 6.34. The average molecular weight is 374 g/mol. The molecule has 0 aliphatic carbocycles. The van der Waals surface area contributed by atoms with Crippen molar-refractivity contribution in [2.45, 2.75) is 46.6 Å². The zero-order valence-corrected chi connectivity index (χ0v) is 16.7. The fourth-order valence-electron chi connectivity index (χ4n) is 2.90. The minimum Gasteiger partial charge on any atom is -0.450 e. The van der Waals surface area contributed by atoms with E-state index in [1.54, 1.807) is 25.4 Å². The third kappa shape index (κ3) is 6.32. The highest BCUT2D eigenvalue weighted by molar-refractivity contribution is 5.91. The molecule has 2 N–H and O–H groups in total. The van der Waals surface area contributed by atoms with E-state index < -0.39 is 6.09 Å². The lowest BCUT2D eigenvalue weighted by Gasteiger charge is -2.20. The van der Waals surface area contributed by atoms with E-state index in [2.05, 4.69) is 51.3 Å². The lowest BCUT2D eigenvalue weighted by Crippen LogP contribution is -2.25. The number of nitrogens with one attached hydrogen (secondary N) is 2. The first kappa shape index (κ1) is 20.8. The van der Waals surface area contributed by atoms with Gasteiger partial charge in [0.15, 0.2) is 5.65 Å². The van der Waals surface area contributed by atoms with Crippen LogP contribution in [0.2, 0.25) is 0 Å². The van der Waals surface area contributed by atoms with Gasteiger partial charge >= 0.3 is 6.09 Å². The Bertz CT molecular complexity index is 735. The second-order valence-corrected chi connectivity index (χ2v) is 6.34. The summed E-state index contributed by atoms with van der Waals surface area (Å²) in [6.07, 6.45) is 4.82. The monoisotopic (exact) mass is 374 g/mol. The molecule has 0 saturated heterocycles. The van der Waals surface area contributed by atoms with E-state index >= 15 is 0 Å². The van der Waals surface area contributed by atoms with Crippen LogP contribution in [0.5, 0.6) is 0 Å². The molecular formula is C19H30N6O2. The molecule has 0 spiro atoms. The second kappa shape index (κ2) is 10.6. The summed E-state index contributed by atoms with van der Waals surface area (Å²) in [5.41, 5.74) is 1.96. The minimum absolute atomic E-state index is 0.253. The molecule has 148 valence electrons. The molecule has 0 bridgehead atoms. The number of carbonyl (C=O) groups is 1. The van der Waals surface area contributed by atoms with Crippen molar-refractivity contribution in [3.63, 3.8) is 0 Å². The van der Waals surface area contributed by atoms with Gasteiger partial charge in [0.1, 0.15) is 11.3 Å². The van der Waals surface area contributed by atoms with E-state index in [4.69, 9.17) is 4.74 Å². The van der Waals surface area contributed by atoms with E-state index in [-0.39, 0.29) is 6.04 Å². The molecule has 8 heteroatoms. The SMILES string of the molecule is CCOC(=O)Nc1cc(NC(C)CCCN(CC)CC)c2nccnc2n1. The molecule has 0 saturated carbocycles. The van der Waals surface area contributed by atoms with Crippen LogP contribution in [0.15, 0.2) is 18.5 Å². The lowest BCUT2D eigenvalue weighted by molar-refractivity contribution is 0.168. The number of rotatable bonds is 10. The third-order valence-corrected chi connectivity index (χ3v) is 4.35. The van der Waals surface area contributed by atoms with Crippen LogP contribution in [-0.2, 0) is 4.74 Å². The van der Waals surface area contributed by atoms with Crippen LogP contribution in [0.25, 0.3) is 11.2 Å². The standard InChI is InChI=1S/C19H30N6O2/c1-5-25(6-2)12-8-9-14(4)22-15-13-16(24-19(26)27-7-3)23-18-17(15)20-10-11-21-18/h10-11,13-14H,5-9,12H2,1-4H3,(H2,21,22,23,24,26). The molecule has 0 aliphatic rings. The summed E-state index contributed by atoms with van der Waals surface area (Å²) < 4.78 is 4.92. The summed E-state index contributed by atoms with van der Waals surface area (Å²) in [5, 5.41) is 6.12. The molecule has 0 radical (unpaired) electrons. The number of carbonyl (C=O) groups excluding carboxylic acids is 1. The Morgan fingerprint density at radius 2 is 1.96 bits per heavy atom. The van der Waals surface area contributed by atoms with Crippen LogP contribution < -0.4 is 10.6 Å². The van der Waals surface area contributed by atoms with Crippen LogP contribution in [0, 0.1) is 0 Å². The fraction of sp³-hybridized carbons (Fsp3) is 0.579. The quantitative estimate of drug-likeness (QED) is 0.657. The zero-order chi connectivity index (χ0) is 19.6.